The number of aryl methyl sites for hydroxylation is 1. The second-order valence-electron chi connectivity index (χ2n) is 5.16. The van der Waals surface area contributed by atoms with Crippen LogP contribution in [0.4, 0.5) is 5.82 Å². The topological polar surface area (TPSA) is 51.4 Å². The quantitative estimate of drug-likeness (QED) is 0.928. The fourth-order valence-electron chi connectivity index (χ4n) is 2.68. The molecule has 4 heteroatoms. The van der Waals surface area contributed by atoms with Crippen LogP contribution in [0.25, 0.3) is 10.9 Å². The van der Waals surface area contributed by atoms with Gasteiger partial charge in [-0.05, 0) is 30.2 Å². The van der Waals surface area contributed by atoms with E-state index in [1.807, 2.05) is 0 Å². The van der Waals surface area contributed by atoms with E-state index in [-0.39, 0.29) is 0 Å². The van der Waals surface area contributed by atoms with E-state index in [1.54, 1.807) is 0 Å². The summed E-state index contributed by atoms with van der Waals surface area (Å²) in [6.45, 7) is 5.99. The van der Waals surface area contributed by atoms with Crippen molar-refractivity contribution >= 4 is 16.7 Å². The lowest BCUT2D eigenvalue weighted by molar-refractivity contribution is 0.122. The summed E-state index contributed by atoms with van der Waals surface area (Å²) in [6.07, 6.45) is 1.04. The van der Waals surface area contributed by atoms with Gasteiger partial charge in [0.05, 0.1) is 18.7 Å². The van der Waals surface area contributed by atoms with Crippen LogP contribution >= 0.6 is 0 Å². The maximum absolute atomic E-state index is 5.92. The molecule has 4 nitrogen and oxygen atoms in total. The summed E-state index contributed by atoms with van der Waals surface area (Å²) in [4.78, 5) is 7.11. The lowest BCUT2D eigenvalue weighted by Gasteiger charge is -2.29. The van der Waals surface area contributed by atoms with Gasteiger partial charge in [0.25, 0.3) is 0 Å². The summed E-state index contributed by atoms with van der Waals surface area (Å²) in [6, 6.07) is 8.66. The SMILES string of the molecule is CCc1ccc2nc(N3CCOCC3)c(CN)cc2c1. The number of hydrogen-bond donors (Lipinski definition) is 1. The van der Waals surface area contributed by atoms with Gasteiger partial charge in [0.2, 0.25) is 0 Å². The van der Waals surface area contributed by atoms with Gasteiger partial charge in [0, 0.05) is 30.6 Å². The smallest absolute Gasteiger partial charge is 0.133 e. The van der Waals surface area contributed by atoms with Crippen molar-refractivity contribution in [3.8, 4) is 0 Å². The molecule has 3 rings (SSSR count). The molecule has 1 aliphatic heterocycles. The average molecular weight is 271 g/mol. The van der Waals surface area contributed by atoms with Crippen molar-refractivity contribution in [2.75, 3.05) is 31.2 Å². The largest absolute Gasteiger partial charge is 0.378 e. The number of morpholine rings is 1. The molecule has 1 aromatic carbocycles. The Kier molecular flexibility index (Phi) is 3.85. The van der Waals surface area contributed by atoms with Crippen LogP contribution in [0, 0.1) is 0 Å². The monoisotopic (exact) mass is 271 g/mol. The van der Waals surface area contributed by atoms with E-state index in [0.29, 0.717) is 6.54 Å². The third-order valence-electron chi connectivity index (χ3n) is 3.87. The molecule has 2 N–H and O–H groups in total. The van der Waals surface area contributed by atoms with Crippen LogP contribution in [-0.4, -0.2) is 31.3 Å². The number of ether oxygens (including phenoxy) is 1. The lowest BCUT2D eigenvalue weighted by Crippen LogP contribution is -2.37. The maximum atomic E-state index is 5.92. The molecule has 0 unspecified atom stereocenters. The number of benzene rings is 1. The highest BCUT2D eigenvalue weighted by Crippen LogP contribution is 2.25. The number of nitrogens with zero attached hydrogens (tertiary/aromatic N) is 2. The average Bonchev–Trinajstić information content (AvgIpc) is 2.53. The lowest BCUT2D eigenvalue weighted by atomic mass is 10.1. The normalized spacial score (nSPS) is 15.8. The van der Waals surface area contributed by atoms with Gasteiger partial charge in [-0.3, -0.25) is 0 Å². The number of hydrogen-bond acceptors (Lipinski definition) is 4. The summed E-state index contributed by atoms with van der Waals surface area (Å²) < 4.78 is 5.41. The maximum Gasteiger partial charge on any atom is 0.133 e. The minimum absolute atomic E-state index is 0.520. The van der Waals surface area contributed by atoms with Crippen LogP contribution in [0.5, 0.6) is 0 Å². The van der Waals surface area contributed by atoms with Crippen LogP contribution < -0.4 is 10.6 Å². The zero-order chi connectivity index (χ0) is 13.9. The van der Waals surface area contributed by atoms with Crippen LogP contribution in [-0.2, 0) is 17.7 Å². The Hall–Kier alpha value is -1.65. The molecule has 1 saturated heterocycles. The van der Waals surface area contributed by atoms with Crippen molar-refractivity contribution in [3.05, 3.63) is 35.4 Å². The molecule has 0 spiro atoms. The Bertz CT molecular complexity index is 606. The summed E-state index contributed by atoms with van der Waals surface area (Å²) in [7, 11) is 0. The number of pyridine rings is 1. The molecule has 2 aromatic rings. The highest BCUT2D eigenvalue weighted by Gasteiger charge is 2.16. The molecule has 2 heterocycles. The Morgan fingerprint density at radius 3 is 2.75 bits per heavy atom. The standard InChI is InChI=1S/C16H21N3O/c1-2-12-3-4-15-13(9-12)10-14(11-17)16(18-15)19-5-7-20-8-6-19/h3-4,9-10H,2,5-8,11,17H2,1H3. The number of nitrogens with two attached hydrogens (primary N) is 1. The molecule has 0 amide bonds. The minimum atomic E-state index is 0.520. The minimum Gasteiger partial charge on any atom is -0.378 e. The first-order chi connectivity index (χ1) is 9.81. The Morgan fingerprint density at radius 2 is 2.05 bits per heavy atom. The van der Waals surface area contributed by atoms with Gasteiger partial charge in [-0.25, -0.2) is 4.98 Å². The van der Waals surface area contributed by atoms with Crippen molar-refractivity contribution in [1.29, 1.82) is 0 Å². The molecule has 1 aromatic heterocycles. The van der Waals surface area contributed by atoms with Crippen LogP contribution in [0.2, 0.25) is 0 Å². The van der Waals surface area contributed by atoms with Gasteiger partial charge in [0.15, 0.2) is 0 Å². The van der Waals surface area contributed by atoms with Crippen LogP contribution in [0.3, 0.4) is 0 Å². The number of fused-ring (bicyclic) bond motifs is 1. The molecular formula is C16H21N3O. The molecule has 0 aliphatic carbocycles. The van der Waals surface area contributed by atoms with Crippen molar-refractivity contribution in [1.82, 2.24) is 4.98 Å². The molecule has 106 valence electrons. The predicted molar refractivity (Wildman–Crippen MR) is 82.0 cm³/mol. The van der Waals surface area contributed by atoms with E-state index in [4.69, 9.17) is 15.5 Å². The zero-order valence-electron chi connectivity index (χ0n) is 11.9. The van der Waals surface area contributed by atoms with Crippen molar-refractivity contribution < 1.29 is 4.74 Å². The van der Waals surface area contributed by atoms with Gasteiger partial charge in [-0.2, -0.15) is 0 Å². The van der Waals surface area contributed by atoms with Crippen molar-refractivity contribution in [2.45, 2.75) is 19.9 Å². The van der Waals surface area contributed by atoms with Crippen molar-refractivity contribution in [3.63, 3.8) is 0 Å². The Labute approximate surface area is 119 Å². The molecule has 0 bridgehead atoms. The molecule has 0 atom stereocenters. The number of rotatable bonds is 3. The first kappa shape index (κ1) is 13.3. The summed E-state index contributed by atoms with van der Waals surface area (Å²) >= 11 is 0. The Morgan fingerprint density at radius 1 is 1.25 bits per heavy atom. The van der Waals surface area contributed by atoms with Gasteiger partial charge < -0.3 is 15.4 Å². The molecule has 1 aliphatic rings. The molecule has 20 heavy (non-hydrogen) atoms. The Balaban J connectivity index is 2.06. The molecule has 0 radical (unpaired) electrons. The zero-order valence-corrected chi connectivity index (χ0v) is 11.9. The van der Waals surface area contributed by atoms with E-state index in [0.717, 1.165) is 49.6 Å². The predicted octanol–water partition coefficient (Wildman–Crippen LogP) is 2.09. The second kappa shape index (κ2) is 5.77. The van der Waals surface area contributed by atoms with E-state index < -0.39 is 0 Å². The first-order valence-corrected chi connectivity index (χ1v) is 7.27. The first-order valence-electron chi connectivity index (χ1n) is 7.27. The highest BCUT2D eigenvalue weighted by molar-refractivity contribution is 5.82. The van der Waals surface area contributed by atoms with Crippen LogP contribution in [0.1, 0.15) is 18.1 Å². The van der Waals surface area contributed by atoms with Gasteiger partial charge >= 0.3 is 0 Å². The van der Waals surface area contributed by atoms with E-state index in [2.05, 4.69) is 36.1 Å². The summed E-state index contributed by atoms with van der Waals surface area (Å²) in [5, 5.41) is 1.18. The van der Waals surface area contributed by atoms with Gasteiger partial charge in [-0.15, -0.1) is 0 Å². The molecule has 0 saturated carbocycles. The fourth-order valence-corrected chi connectivity index (χ4v) is 2.68. The third kappa shape index (κ3) is 2.49. The van der Waals surface area contributed by atoms with E-state index in [1.165, 1.54) is 10.9 Å². The fraction of sp³-hybridized carbons (Fsp3) is 0.438. The highest BCUT2D eigenvalue weighted by atomic mass is 16.5. The van der Waals surface area contributed by atoms with E-state index in [9.17, 15) is 0 Å². The van der Waals surface area contributed by atoms with Gasteiger partial charge in [-0.1, -0.05) is 13.0 Å². The van der Waals surface area contributed by atoms with Crippen molar-refractivity contribution in [2.24, 2.45) is 5.73 Å². The third-order valence-corrected chi connectivity index (χ3v) is 3.87. The van der Waals surface area contributed by atoms with Gasteiger partial charge in [0.1, 0.15) is 5.82 Å². The van der Waals surface area contributed by atoms with Crippen LogP contribution in [0.15, 0.2) is 24.3 Å². The van der Waals surface area contributed by atoms with E-state index >= 15 is 0 Å². The molecular weight excluding hydrogens is 250 g/mol. The summed E-state index contributed by atoms with van der Waals surface area (Å²) in [5.74, 6) is 1.02. The summed E-state index contributed by atoms with van der Waals surface area (Å²) in [5.41, 5.74) is 9.42. The number of aromatic nitrogens is 1. The molecule has 1 fully saturated rings. The number of anilines is 1. The second-order valence-corrected chi connectivity index (χ2v) is 5.16.